The molecule has 1 aromatic carbocycles. The molecule has 33 heavy (non-hydrogen) atoms. The molecule has 1 aromatic heterocycles. The Balaban J connectivity index is 1.68. The maximum Gasteiger partial charge on any atom is 0.340 e. The second-order valence-electron chi connectivity index (χ2n) is 8.68. The van der Waals surface area contributed by atoms with Crippen LogP contribution < -0.4 is 0 Å². The van der Waals surface area contributed by atoms with Crippen LogP contribution in [0, 0.1) is 34.6 Å². The molecule has 1 aliphatic rings. The molecule has 3 rings (SSSR count). The van der Waals surface area contributed by atoms with E-state index in [0.29, 0.717) is 53.6 Å². The molecule has 0 atom stereocenters. The number of aromatic nitrogens is 1. The number of benzene rings is 1. The normalized spacial score (nSPS) is 15.6. The van der Waals surface area contributed by atoms with E-state index in [4.69, 9.17) is 4.74 Å². The lowest BCUT2D eigenvalue weighted by molar-refractivity contribution is 0.0525. The first kappa shape index (κ1) is 25.1. The maximum absolute atomic E-state index is 13.3. The Bertz CT molecular complexity index is 1150. The molecule has 1 N–H and O–H groups in total. The smallest absolute Gasteiger partial charge is 0.340 e. The van der Waals surface area contributed by atoms with E-state index in [1.165, 1.54) is 4.31 Å². The predicted molar refractivity (Wildman–Crippen MR) is 126 cm³/mol. The number of hydrogen-bond acceptors (Lipinski definition) is 6. The standard InChI is InChI=1S/C24H33N3O5S/c1-7-32-24(29)21-18(5)22(25-19(21)6)20(28)14-26-8-10-27(11-9-26)33(30,31)23-16(3)12-15(2)13-17(23)4/h12-13,25H,7-11,14H2,1-6H3. The van der Waals surface area contributed by atoms with Crippen molar-refractivity contribution in [3.8, 4) is 0 Å². The lowest BCUT2D eigenvalue weighted by Crippen LogP contribution is -2.50. The minimum absolute atomic E-state index is 0.132. The summed E-state index contributed by atoms with van der Waals surface area (Å²) < 4.78 is 33.2. The van der Waals surface area contributed by atoms with Gasteiger partial charge in [0.15, 0.2) is 5.78 Å². The van der Waals surface area contributed by atoms with E-state index in [9.17, 15) is 18.0 Å². The summed E-state index contributed by atoms with van der Waals surface area (Å²) in [4.78, 5) is 30.5. The van der Waals surface area contributed by atoms with Gasteiger partial charge in [-0.25, -0.2) is 13.2 Å². The van der Waals surface area contributed by atoms with Crippen LogP contribution in [0.25, 0.3) is 0 Å². The zero-order valence-electron chi connectivity index (χ0n) is 20.2. The number of sulfonamides is 1. The van der Waals surface area contributed by atoms with Gasteiger partial charge in [0, 0.05) is 31.9 Å². The van der Waals surface area contributed by atoms with Crippen molar-refractivity contribution in [2.75, 3.05) is 39.3 Å². The molecule has 0 spiro atoms. The van der Waals surface area contributed by atoms with Crippen LogP contribution in [0.5, 0.6) is 0 Å². The zero-order valence-corrected chi connectivity index (χ0v) is 21.1. The second kappa shape index (κ2) is 9.79. The summed E-state index contributed by atoms with van der Waals surface area (Å²) in [6, 6.07) is 3.78. The van der Waals surface area contributed by atoms with Gasteiger partial charge in [-0.2, -0.15) is 4.31 Å². The van der Waals surface area contributed by atoms with Gasteiger partial charge < -0.3 is 9.72 Å². The largest absolute Gasteiger partial charge is 0.462 e. The van der Waals surface area contributed by atoms with E-state index in [0.717, 1.165) is 16.7 Å². The molecule has 0 amide bonds. The van der Waals surface area contributed by atoms with E-state index >= 15 is 0 Å². The van der Waals surface area contributed by atoms with Crippen molar-refractivity contribution >= 4 is 21.8 Å². The molecule has 9 heteroatoms. The molecule has 0 saturated carbocycles. The highest BCUT2D eigenvalue weighted by atomic mass is 32.2. The van der Waals surface area contributed by atoms with Gasteiger partial charge in [-0.05, 0) is 58.2 Å². The quantitative estimate of drug-likeness (QED) is 0.488. The number of ketones is 1. The van der Waals surface area contributed by atoms with Crippen molar-refractivity contribution in [2.24, 2.45) is 0 Å². The predicted octanol–water partition coefficient (Wildman–Crippen LogP) is 2.92. The third-order valence-corrected chi connectivity index (χ3v) is 8.30. The van der Waals surface area contributed by atoms with Crippen molar-refractivity contribution in [2.45, 2.75) is 46.4 Å². The zero-order chi connectivity index (χ0) is 24.5. The van der Waals surface area contributed by atoms with E-state index in [-0.39, 0.29) is 18.9 Å². The molecular formula is C24H33N3O5S. The topological polar surface area (TPSA) is 99.8 Å². The molecule has 1 aliphatic heterocycles. The van der Waals surface area contributed by atoms with Crippen LogP contribution in [0.1, 0.15) is 55.7 Å². The number of nitrogens with zero attached hydrogens (tertiary/aromatic N) is 2. The molecule has 2 aromatic rings. The van der Waals surface area contributed by atoms with E-state index < -0.39 is 16.0 Å². The number of rotatable bonds is 7. The number of esters is 1. The first-order valence-corrected chi connectivity index (χ1v) is 12.6. The van der Waals surface area contributed by atoms with Gasteiger partial charge in [-0.15, -0.1) is 0 Å². The Labute approximate surface area is 196 Å². The van der Waals surface area contributed by atoms with Crippen molar-refractivity contribution in [1.29, 1.82) is 0 Å². The van der Waals surface area contributed by atoms with Crippen molar-refractivity contribution in [1.82, 2.24) is 14.2 Å². The number of ether oxygens (including phenoxy) is 1. The van der Waals surface area contributed by atoms with Gasteiger partial charge in [0.1, 0.15) is 0 Å². The molecule has 8 nitrogen and oxygen atoms in total. The minimum Gasteiger partial charge on any atom is -0.462 e. The van der Waals surface area contributed by atoms with E-state index in [2.05, 4.69) is 4.98 Å². The lowest BCUT2D eigenvalue weighted by Gasteiger charge is -2.34. The van der Waals surface area contributed by atoms with Crippen LogP contribution in [-0.4, -0.2) is 73.7 Å². The molecule has 1 saturated heterocycles. The second-order valence-corrected chi connectivity index (χ2v) is 10.6. The summed E-state index contributed by atoms with van der Waals surface area (Å²) in [6.07, 6.45) is 0. The van der Waals surface area contributed by atoms with Crippen LogP contribution >= 0.6 is 0 Å². The van der Waals surface area contributed by atoms with E-state index in [1.54, 1.807) is 20.8 Å². The highest BCUT2D eigenvalue weighted by molar-refractivity contribution is 7.89. The fourth-order valence-corrected chi connectivity index (χ4v) is 6.49. The Morgan fingerprint density at radius 2 is 1.58 bits per heavy atom. The molecule has 1 fully saturated rings. The van der Waals surface area contributed by atoms with Gasteiger partial charge >= 0.3 is 5.97 Å². The van der Waals surface area contributed by atoms with Crippen molar-refractivity contribution < 1.29 is 22.7 Å². The van der Waals surface area contributed by atoms with Crippen LogP contribution in [0.3, 0.4) is 0 Å². The fourth-order valence-electron chi connectivity index (χ4n) is 4.65. The number of aryl methyl sites for hydroxylation is 4. The summed E-state index contributed by atoms with van der Waals surface area (Å²) in [5, 5.41) is 0. The average Bonchev–Trinajstić information content (AvgIpc) is 3.01. The third kappa shape index (κ3) is 5.05. The van der Waals surface area contributed by atoms with Crippen molar-refractivity contribution in [3.63, 3.8) is 0 Å². The number of carbonyl (C=O) groups excluding carboxylic acids is 2. The Morgan fingerprint density at radius 3 is 2.12 bits per heavy atom. The van der Waals surface area contributed by atoms with Gasteiger partial charge in [0.2, 0.25) is 10.0 Å². The van der Waals surface area contributed by atoms with Crippen LogP contribution in [0.15, 0.2) is 17.0 Å². The van der Waals surface area contributed by atoms with E-state index in [1.807, 2.05) is 37.8 Å². The monoisotopic (exact) mass is 475 g/mol. The average molecular weight is 476 g/mol. The number of nitrogens with one attached hydrogen (secondary N) is 1. The molecule has 0 aliphatic carbocycles. The third-order valence-electron chi connectivity index (χ3n) is 6.10. The van der Waals surface area contributed by atoms with Gasteiger partial charge in [0.05, 0.1) is 29.3 Å². The van der Waals surface area contributed by atoms with Crippen LogP contribution in [-0.2, 0) is 14.8 Å². The molecule has 180 valence electrons. The number of Topliss-reactive ketones (excluding diaryl/α,β-unsaturated/α-hetero) is 1. The summed E-state index contributed by atoms with van der Waals surface area (Å²) in [6.45, 7) is 12.8. The van der Waals surface area contributed by atoms with Crippen LogP contribution in [0.4, 0.5) is 0 Å². The van der Waals surface area contributed by atoms with Gasteiger partial charge in [-0.3, -0.25) is 9.69 Å². The van der Waals surface area contributed by atoms with Gasteiger partial charge in [0.25, 0.3) is 0 Å². The SMILES string of the molecule is CCOC(=O)c1c(C)[nH]c(C(=O)CN2CCN(S(=O)(=O)c3c(C)cc(C)cc3C)CC2)c1C. The first-order valence-electron chi connectivity index (χ1n) is 11.2. The number of piperazine rings is 1. The summed E-state index contributed by atoms with van der Waals surface area (Å²) in [7, 11) is -3.60. The number of carbonyl (C=O) groups is 2. The Kier molecular flexibility index (Phi) is 7.45. The maximum atomic E-state index is 13.3. The lowest BCUT2D eigenvalue weighted by atomic mass is 10.1. The Morgan fingerprint density at radius 1 is 1.00 bits per heavy atom. The number of hydrogen-bond donors (Lipinski definition) is 1. The molecule has 0 radical (unpaired) electrons. The molecule has 2 heterocycles. The highest BCUT2D eigenvalue weighted by Crippen LogP contribution is 2.26. The van der Waals surface area contributed by atoms with Gasteiger partial charge in [-0.1, -0.05) is 17.7 Å². The highest BCUT2D eigenvalue weighted by Gasteiger charge is 2.32. The molecule has 0 unspecified atom stereocenters. The minimum atomic E-state index is -3.60. The number of H-pyrrole nitrogens is 1. The first-order chi connectivity index (χ1) is 15.5. The molecule has 0 bridgehead atoms. The fraction of sp³-hybridized carbons (Fsp3) is 0.500. The van der Waals surface area contributed by atoms with Crippen molar-refractivity contribution in [3.05, 3.63) is 51.3 Å². The Hall–Kier alpha value is -2.49. The number of aromatic amines is 1. The summed E-state index contributed by atoms with van der Waals surface area (Å²) in [5.74, 6) is -0.573. The summed E-state index contributed by atoms with van der Waals surface area (Å²) in [5.41, 5.74) is 4.53. The van der Waals surface area contributed by atoms with Crippen LogP contribution in [0.2, 0.25) is 0 Å². The summed E-state index contributed by atoms with van der Waals surface area (Å²) >= 11 is 0. The molecular weight excluding hydrogens is 442 g/mol.